The number of esters is 1. The number of anilines is 1. The van der Waals surface area contributed by atoms with Crippen LogP contribution < -0.4 is 14.8 Å². The Morgan fingerprint density at radius 1 is 1.23 bits per heavy atom. The topological polar surface area (TPSA) is 97.7 Å². The SMILES string of the molecule is Cc1cccc(C(C)C)c1NC(=O)COC(=O)/C(C#N)=C\c1ccc2c(c1)OCO2. The minimum atomic E-state index is -0.876. The summed E-state index contributed by atoms with van der Waals surface area (Å²) in [5.41, 5.74) is 2.99. The largest absolute Gasteiger partial charge is 0.454 e. The van der Waals surface area contributed by atoms with E-state index in [4.69, 9.17) is 14.2 Å². The van der Waals surface area contributed by atoms with E-state index in [2.05, 4.69) is 5.32 Å². The van der Waals surface area contributed by atoms with Gasteiger partial charge < -0.3 is 19.5 Å². The monoisotopic (exact) mass is 406 g/mol. The number of carbonyl (C=O) groups is 2. The fourth-order valence-corrected chi connectivity index (χ4v) is 3.03. The first-order valence-electron chi connectivity index (χ1n) is 9.47. The quantitative estimate of drug-likeness (QED) is 0.443. The molecule has 0 bridgehead atoms. The summed E-state index contributed by atoms with van der Waals surface area (Å²) in [4.78, 5) is 24.6. The summed E-state index contributed by atoms with van der Waals surface area (Å²) < 4.78 is 15.6. The third kappa shape index (κ3) is 4.78. The average molecular weight is 406 g/mol. The highest BCUT2D eigenvalue weighted by molar-refractivity contribution is 6.00. The molecule has 30 heavy (non-hydrogen) atoms. The molecule has 0 radical (unpaired) electrons. The molecule has 0 unspecified atom stereocenters. The van der Waals surface area contributed by atoms with E-state index in [-0.39, 0.29) is 18.3 Å². The fraction of sp³-hybridized carbons (Fsp3) is 0.261. The third-order valence-corrected chi connectivity index (χ3v) is 4.57. The van der Waals surface area contributed by atoms with Crippen molar-refractivity contribution < 1.29 is 23.8 Å². The normalized spacial score (nSPS) is 12.4. The van der Waals surface area contributed by atoms with E-state index in [0.29, 0.717) is 22.7 Å². The molecule has 0 aliphatic carbocycles. The zero-order chi connectivity index (χ0) is 21.7. The second-order valence-corrected chi connectivity index (χ2v) is 7.10. The lowest BCUT2D eigenvalue weighted by Gasteiger charge is -2.16. The van der Waals surface area contributed by atoms with Gasteiger partial charge in [-0.15, -0.1) is 0 Å². The molecule has 0 saturated heterocycles. The lowest BCUT2D eigenvalue weighted by Crippen LogP contribution is -2.22. The van der Waals surface area contributed by atoms with Crippen LogP contribution >= 0.6 is 0 Å². The first-order chi connectivity index (χ1) is 14.4. The summed E-state index contributed by atoms with van der Waals surface area (Å²) in [5.74, 6) is 0.00605. The number of nitrogens with zero attached hydrogens (tertiary/aromatic N) is 1. The van der Waals surface area contributed by atoms with Crippen molar-refractivity contribution in [3.05, 3.63) is 58.7 Å². The molecule has 7 heteroatoms. The van der Waals surface area contributed by atoms with Gasteiger partial charge >= 0.3 is 5.97 Å². The Hall–Kier alpha value is -3.79. The fourth-order valence-electron chi connectivity index (χ4n) is 3.03. The number of nitrogens with one attached hydrogen (secondary N) is 1. The van der Waals surface area contributed by atoms with E-state index < -0.39 is 18.5 Å². The Kier molecular flexibility index (Phi) is 6.38. The Morgan fingerprint density at radius 3 is 2.73 bits per heavy atom. The highest BCUT2D eigenvalue weighted by atomic mass is 16.7. The third-order valence-electron chi connectivity index (χ3n) is 4.57. The van der Waals surface area contributed by atoms with Crippen LogP contribution in [0.4, 0.5) is 5.69 Å². The van der Waals surface area contributed by atoms with Gasteiger partial charge in [0.1, 0.15) is 11.6 Å². The second-order valence-electron chi connectivity index (χ2n) is 7.10. The van der Waals surface area contributed by atoms with Crippen molar-refractivity contribution in [2.75, 3.05) is 18.7 Å². The molecule has 1 aliphatic heterocycles. The molecule has 0 spiro atoms. The minimum absolute atomic E-state index is 0.129. The highest BCUT2D eigenvalue weighted by Crippen LogP contribution is 2.33. The predicted molar refractivity (Wildman–Crippen MR) is 111 cm³/mol. The Morgan fingerprint density at radius 2 is 2.00 bits per heavy atom. The molecule has 154 valence electrons. The minimum Gasteiger partial charge on any atom is -0.454 e. The standard InChI is InChI=1S/C23H22N2O5/c1-14(2)18-6-4-5-15(3)22(18)25-21(26)12-28-23(27)17(11-24)9-16-7-8-19-20(10-16)30-13-29-19/h4-10,14H,12-13H2,1-3H3,(H,25,26)/b17-9-. The maximum absolute atomic E-state index is 12.3. The van der Waals surface area contributed by atoms with Crippen LogP contribution in [0.1, 0.15) is 36.5 Å². The predicted octanol–water partition coefficient (Wildman–Crippen LogP) is 3.94. The number of rotatable bonds is 6. The van der Waals surface area contributed by atoms with Crippen molar-refractivity contribution in [2.24, 2.45) is 0 Å². The lowest BCUT2D eigenvalue weighted by molar-refractivity contribution is -0.142. The number of hydrogen-bond donors (Lipinski definition) is 1. The van der Waals surface area contributed by atoms with Crippen molar-refractivity contribution in [3.63, 3.8) is 0 Å². The molecule has 7 nitrogen and oxygen atoms in total. The van der Waals surface area contributed by atoms with Crippen molar-refractivity contribution in [2.45, 2.75) is 26.7 Å². The van der Waals surface area contributed by atoms with Crippen LogP contribution in [0.2, 0.25) is 0 Å². The summed E-state index contributed by atoms with van der Waals surface area (Å²) in [6, 6.07) is 12.6. The molecule has 1 N–H and O–H groups in total. The molecule has 0 saturated carbocycles. The lowest BCUT2D eigenvalue weighted by atomic mass is 9.98. The van der Waals surface area contributed by atoms with E-state index >= 15 is 0 Å². The maximum Gasteiger partial charge on any atom is 0.349 e. The Balaban J connectivity index is 1.64. The molecule has 0 atom stereocenters. The van der Waals surface area contributed by atoms with E-state index in [9.17, 15) is 14.9 Å². The molecule has 1 aliphatic rings. The van der Waals surface area contributed by atoms with Crippen LogP contribution in [0.25, 0.3) is 6.08 Å². The summed E-state index contributed by atoms with van der Waals surface area (Å²) >= 11 is 0. The zero-order valence-corrected chi connectivity index (χ0v) is 17.0. The first-order valence-corrected chi connectivity index (χ1v) is 9.47. The zero-order valence-electron chi connectivity index (χ0n) is 17.0. The number of aryl methyl sites for hydroxylation is 1. The molecule has 1 heterocycles. The number of amides is 1. The van der Waals surface area contributed by atoms with Crippen LogP contribution in [0.15, 0.2) is 42.0 Å². The van der Waals surface area contributed by atoms with Crippen LogP contribution in [-0.2, 0) is 14.3 Å². The molecular weight excluding hydrogens is 384 g/mol. The van der Waals surface area contributed by atoms with E-state index in [0.717, 1.165) is 11.1 Å². The summed E-state index contributed by atoms with van der Waals surface area (Å²) in [6.07, 6.45) is 1.38. The molecule has 2 aromatic rings. The first kappa shape index (κ1) is 20.9. The number of hydrogen-bond acceptors (Lipinski definition) is 6. The number of carbonyl (C=O) groups excluding carboxylic acids is 2. The molecule has 1 amide bonds. The van der Waals surface area contributed by atoms with Gasteiger partial charge in [0.2, 0.25) is 6.79 Å². The summed E-state index contributed by atoms with van der Waals surface area (Å²) in [7, 11) is 0. The highest BCUT2D eigenvalue weighted by Gasteiger charge is 2.17. The van der Waals surface area contributed by atoms with Gasteiger partial charge in [-0.2, -0.15) is 5.26 Å². The van der Waals surface area contributed by atoms with Crippen LogP contribution in [0, 0.1) is 18.3 Å². The smallest absolute Gasteiger partial charge is 0.349 e. The number of fused-ring (bicyclic) bond motifs is 1. The average Bonchev–Trinajstić information content (AvgIpc) is 3.19. The molecule has 0 fully saturated rings. The molecule has 0 aromatic heterocycles. The number of nitriles is 1. The molecule has 2 aromatic carbocycles. The summed E-state index contributed by atoms with van der Waals surface area (Å²) in [5, 5.41) is 12.1. The van der Waals surface area contributed by atoms with Gasteiger partial charge in [-0.3, -0.25) is 4.79 Å². The number of benzene rings is 2. The molecule has 3 rings (SSSR count). The molecular formula is C23H22N2O5. The van der Waals surface area contributed by atoms with Crippen LogP contribution in [0.5, 0.6) is 11.5 Å². The van der Waals surface area contributed by atoms with Crippen LogP contribution in [0.3, 0.4) is 0 Å². The number of para-hydroxylation sites is 1. The number of ether oxygens (including phenoxy) is 3. The van der Waals surface area contributed by atoms with E-state index in [1.54, 1.807) is 18.2 Å². The Bertz CT molecular complexity index is 1050. The second kappa shape index (κ2) is 9.14. The van der Waals surface area contributed by atoms with Crippen molar-refractivity contribution in [3.8, 4) is 17.6 Å². The van der Waals surface area contributed by atoms with Crippen molar-refractivity contribution >= 4 is 23.6 Å². The summed E-state index contributed by atoms with van der Waals surface area (Å²) in [6.45, 7) is 5.60. The van der Waals surface area contributed by atoms with Gasteiger partial charge in [0, 0.05) is 5.69 Å². The van der Waals surface area contributed by atoms with E-state index in [1.807, 2.05) is 45.0 Å². The van der Waals surface area contributed by atoms with Gasteiger partial charge in [-0.1, -0.05) is 38.1 Å². The van der Waals surface area contributed by atoms with Crippen molar-refractivity contribution in [1.82, 2.24) is 0 Å². The van der Waals surface area contributed by atoms with Gasteiger partial charge in [-0.25, -0.2) is 4.79 Å². The van der Waals surface area contributed by atoms with Crippen molar-refractivity contribution in [1.29, 1.82) is 5.26 Å². The maximum atomic E-state index is 12.3. The van der Waals surface area contributed by atoms with Gasteiger partial charge in [0.25, 0.3) is 5.91 Å². The van der Waals surface area contributed by atoms with E-state index in [1.165, 1.54) is 6.08 Å². The van der Waals surface area contributed by atoms with Gasteiger partial charge in [-0.05, 0) is 47.7 Å². The van der Waals surface area contributed by atoms with Crippen LogP contribution in [-0.4, -0.2) is 25.3 Å². The Labute approximate surface area is 174 Å². The van der Waals surface area contributed by atoms with Gasteiger partial charge in [0.15, 0.2) is 18.1 Å². The van der Waals surface area contributed by atoms with Gasteiger partial charge in [0.05, 0.1) is 0 Å².